The van der Waals surface area contributed by atoms with Gasteiger partial charge in [-0.1, -0.05) is 12.1 Å². The fourth-order valence-corrected chi connectivity index (χ4v) is 2.76. The average molecular weight is 307 g/mol. The van der Waals surface area contributed by atoms with Gasteiger partial charge in [-0.3, -0.25) is 10.1 Å². The number of nitro groups is 1. The van der Waals surface area contributed by atoms with Crippen molar-refractivity contribution >= 4 is 5.69 Å². The minimum absolute atomic E-state index is 0.119. The zero-order chi connectivity index (χ0) is 15.9. The van der Waals surface area contributed by atoms with Crippen LogP contribution in [0.1, 0.15) is 30.4 Å². The Morgan fingerprint density at radius 3 is 2.82 bits per heavy atom. The summed E-state index contributed by atoms with van der Waals surface area (Å²) in [6, 6.07) is 5.38. The Kier molecular flexibility index (Phi) is 6.30. The first-order valence-corrected chi connectivity index (χ1v) is 7.91. The Morgan fingerprint density at radius 2 is 2.14 bits per heavy atom. The van der Waals surface area contributed by atoms with Gasteiger partial charge in [0.1, 0.15) is 0 Å². The second kappa shape index (κ2) is 8.22. The van der Waals surface area contributed by atoms with Gasteiger partial charge in [-0.2, -0.15) is 0 Å². The third-order valence-corrected chi connectivity index (χ3v) is 4.18. The summed E-state index contributed by atoms with van der Waals surface area (Å²) in [5.41, 5.74) is 1.82. The molecule has 0 aromatic heterocycles. The summed E-state index contributed by atoms with van der Waals surface area (Å²) in [5, 5.41) is 23.7. The van der Waals surface area contributed by atoms with E-state index < -0.39 is 0 Å². The second-order valence-corrected chi connectivity index (χ2v) is 5.98. The highest BCUT2D eigenvalue weighted by atomic mass is 16.6. The van der Waals surface area contributed by atoms with Gasteiger partial charge in [0.25, 0.3) is 5.69 Å². The molecule has 122 valence electrons. The van der Waals surface area contributed by atoms with Crippen molar-refractivity contribution in [2.75, 3.05) is 26.2 Å². The number of aryl methyl sites for hydroxylation is 1. The molecule has 6 heteroatoms. The van der Waals surface area contributed by atoms with Crippen LogP contribution >= 0.6 is 0 Å². The number of aliphatic hydroxyl groups excluding tert-OH is 1. The molecule has 0 atom stereocenters. The molecule has 22 heavy (non-hydrogen) atoms. The van der Waals surface area contributed by atoms with Crippen LogP contribution in [0.25, 0.3) is 0 Å². The van der Waals surface area contributed by atoms with Gasteiger partial charge in [0.05, 0.1) is 11.0 Å². The van der Waals surface area contributed by atoms with E-state index in [4.69, 9.17) is 0 Å². The lowest BCUT2D eigenvalue weighted by Gasteiger charge is -2.29. The standard InChI is InChI=1S/C16H25N3O3/c1-13-3-4-14(11-16(13)19(21)22)12-17-7-2-8-18-9-5-15(20)6-10-18/h3-4,11,15,17,20H,2,5-10,12H2,1H3. The average Bonchev–Trinajstić information content (AvgIpc) is 2.50. The zero-order valence-electron chi connectivity index (χ0n) is 13.1. The summed E-state index contributed by atoms with van der Waals surface area (Å²) in [4.78, 5) is 13.0. The number of piperidine rings is 1. The van der Waals surface area contributed by atoms with E-state index in [2.05, 4.69) is 10.2 Å². The van der Waals surface area contributed by atoms with Gasteiger partial charge >= 0.3 is 0 Å². The van der Waals surface area contributed by atoms with Crippen molar-refractivity contribution in [3.05, 3.63) is 39.4 Å². The molecule has 0 radical (unpaired) electrons. The highest BCUT2D eigenvalue weighted by Gasteiger charge is 2.16. The van der Waals surface area contributed by atoms with E-state index in [0.29, 0.717) is 12.1 Å². The molecule has 0 bridgehead atoms. The normalized spacial score (nSPS) is 16.8. The van der Waals surface area contributed by atoms with Crippen molar-refractivity contribution < 1.29 is 10.0 Å². The van der Waals surface area contributed by atoms with Crippen LogP contribution in [0.3, 0.4) is 0 Å². The Morgan fingerprint density at radius 1 is 1.41 bits per heavy atom. The number of benzene rings is 1. The number of hydrogen-bond acceptors (Lipinski definition) is 5. The predicted molar refractivity (Wildman–Crippen MR) is 85.8 cm³/mol. The molecular formula is C16H25N3O3. The van der Waals surface area contributed by atoms with Crippen LogP contribution in [0.5, 0.6) is 0 Å². The van der Waals surface area contributed by atoms with E-state index in [1.165, 1.54) is 0 Å². The number of nitro benzene ring substituents is 1. The van der Waals surface area contributed by atoms with E-state index >= 15 is 0 Å². The molecule has 0 saturated carbocycles. The lowest BCUT2D eigenvalue weighted by atomic mass is 10.1. The molecule has 2 N–H and O–H groups in total. The minimum atomic E-state index is -0.330. The maximum absolute atomic E-state index is 10.9. The summed E-state index contributed by atoms with van der Waals surface area (Å²) in [5.74, 6) is 0. The van der Waals surface area contributed by atoms with Crippen LogP contribution in [-0.2, 0) is 6.54 Å². The van der Waals surface area contributed by atoms with Crippen molar-refractivity contribution in [1.29, 1.82) is 0 Å². The number of hydrogen-bond donors (Lipinski definition) is 2. The number of rotatable bonds is 7. The molecule has 2 rings (SSSR count). The Bertz CT molecular complexity index is 499. The minimum Gasteiger partial charge on any atom is -0.393 e. The molecule has 1 aliphatic heterocycles. The number of nitrogens with zero attached hydrogens (tertiary/aromatic N) is 2. The molecule has 0 unspecified atom stereocenters. The largest absolute Gasteiger partial charge is 0.393 e. The van der Waals surface area contributed by atoms with Crippen molar-refractivity contribution in [3.63, 3.8) is 0 Å². The zero-order valence-corrected chi connectivity index (χ0v) is 13.1. The van der Waals surface area contributed by atoms with Crippen LogP contribution < -0.4 is 5.32 Å². The fourth-order valence-electron chi connectivity index (χ4n) is 2.76. The smallest absolute Gasteiger partial charge is 0.272 e. The topological polar surface area (TPSA) is 78.6 Å². The van der Waals surface area contributed by atoms with E-state index in [-0.39, 0.29) is 16.7 Å². The second-order valence-electron chi connectivity index (χ2n) is 5.98. The van der Waals surface area contributed by atoms with Gasteiger partial charge in [0, 0.05) is 31.3 Å². The third-order valence-electron chi connectivity index (χ3n) is 4.18. The van der Waals surface area contributed by atoms with Crippen LogP contribution in [-0.4, -0.2) is 47.2 Å². The Labute approximate surface area is 131 Å². The molecular weight excluding hydrogens is 282 g/mol. The summed E-state index contributed by atoms with van der Waals surface area (Å²) in [6.45, 7) is 6.29. The molecule has 1 fully saturated rings. The Balaban J connectivity index is 1.66. The van der Waals surface area contributed by atoms with Crippen molar-refractivity contribution in [1.82, 2.24) is 10.2 Å². The van der Waals surface area contributed by atoms with Gasteiger partial charge < -0.3 is 15.3 Å². The number of aliphatic hydroxyl groups is 1. The molecule has 0 aliphatic carbocycles. The van der Waals surface area contributed by atoms with E-state index in [1.54, 1.807) is 19.1 Å². The molecule has 1 aromatic rings. The molecule has 1 aliphatic rings. The van der Waals surface area contributed by atoms with Crippen LogP contribution in [0, 0.1) is 17.0 Å². The lowest BCUT2D eigenvalue weighted by Crippen LogP contribution is -2.37. The van der Waals surface area contributed by atoms with Crippen LogP contribution in [0.2, 0.25) is 0 Å². The van der Waals surface area contributed by atoms with Gasteiger partial charge in [-0.15, -0.1) is 0 Å². The number of nitrogens with one attached hydrogen (secondary N) is 1. The fraction of sp³-hybridized carbons (Fsp3) is 0.625. The van der Waals surface area contributed by atoms with E-state index in [0.717, 1.165) is 51.0 Å². The maximum Gasteiger partial charge on any atom is 0.272 e. The van der Waals surface area contributed by atoms with E-state index in [9.17, 15) is 15.2 Å². The summed E-state index contributed by atoms with van der Waals surface area (Å²) in [7, 11) is 0. The molecule has 1 aromatic carbocycles. The maximum atomic E-state index is 10.9. The van der Waals surface area contributed by atoms with E-state index in [1.807, 2.05) is 6.07 Å². The monoisotopic (exact) mass is 307 g/mol. The predicted octanol–water partition coefficient (Wildman–Crippen LogP) is 1.84. The lowest BCUT2D eigenvalue weighted by molar-refractivity contribution is -0.385. The van der Waals surface area contributed by atoms with Gasteiger partial charge in [0.2, 0.25) is 0 Å². The first-order chi connectivity index (χ1) is 10.6. The highest BCUT2D eigenvalue weighted by Crippen LogP contribution is 2.19. The molecule has 1 heterocycles. The number of likely N-dealkylation sites (tertiary alicyclic amines) is 1. The van der Waals surface area contributed by atoms with Crippen molar-refractivity contribution in [3.8, 4) is 0 Å². The molecule has 1 saturated heterocycles. The quantitative estimate of drug-likeness (QED) is 0.456. The van der Waals surface area contributed by atoms with Crippen LogP contribution in [0.15, 0.2) is 18.2 Å². The van der Waals surface area contributed by atoms with Crippen molar-refractivity contribution in [2.45, 2.75) is 38.8 Å². The van der Waals surface area contributed by atoms with Gasteiger partial charge in [-0.05, 0) is 44.8 Å². The first kappa shape index (κ1) is 16.9. The van der Waals surface area contributed by atoms with Gasteiger partial charge in [0.15, 0.2) is 0 Å². The molecule has 0 amide bonds. The van der Waals surface area contributed by atoms with Crippen molar-refractivity contribution in [2.24, 2.45) is 0 Å². The summed E-state index contributed by atoms with van der Waals surface area (Å²) >= 11 is 0. The molecule has 0 spiro atoms. The van der Waals surface area contributed by atoms with Gasteiger partial charge in [-0.25, -0.2) is 0 Å². The summed E-state index contributed by atoms with van der Waals surface area (Å²) in [6.07, 6.45) is 2.68. The summed E-state index contributed by atoms with van der Waals surface area (Å²) < 4.78 is 0. The Hall–Kier alpha value is -1.50. The SMILES string of the molecule is Cc1ccc(CNCCCN2CCC(O)CC2)cc1[N+](=O)[O-]. The third kappa shape index (κ3) is 5.05. The highest BCUT2D eigenvalue weighted by molar-refractivity contribution is 5.42. The first-order valence-electron chi connectivity index (χ1n) is 7.91. The molecule has 6 nitrogen and oxygen atoms in total. The van der Waals surface area contributed by atoms with Crippen LogP contribution in [0.4, 0.5) is 5.69 Å².